The average molecular weight is 445 g/mol. The maximum absolute atomic E-state index is 2.05. The first kappa shape index (κ1) is 24.1. The van der Waals surface area contributed by atoms with E-state index >= 15 is 0 Å². The van der Waals surface area contributed by atoms with Gasteiger partial charge in [-0.05, 0) is 52.1 Å². The molecule has 144 valence electrons. The molecule has 1 rings (SSSR count). The molecule has 0 aliphatic carbocycles. The highest BCUT2D eigenvalue weighted by molar-refractivity contribution is 9.41. The van der Waals surface area contributed by atoms with Crippen LogP contribution >= 0.6 is 60.9 Å². The minimum absolute atomic E-state index is 1.33. The number of rotatable bonds is 0. The van der Waals surface area contributed by atoms with Crippen molar-refractivity contribution in [3.05, 3.63) is 0 Å². The van der Waals surface area contributed by atoms with Gasteiger partial charge >= 0.3 is 0 Å². The zero-order valence-electron chi connectivity index (χ0n) is 15.2. The van der Waals surface area contributed by atoms with E-state index in [1.54, 1.807) is 0 Å². The Hall–Kier alpha value is 2.10. The van der Waals surface area contributed by atoms with Gasteiger partial charge in [-0.1, -0.05) is 111 Å². The van der Waals surface area contributed by atoms with Crippen LogP contribution < -0.4 is 0 Å². The lowest BCUT2D eigenvalue weighted by Crippen LogP contribution is -1.84. The molecule has 1 aliphatic heterocycles. The third kappa shape index (κ3) is 18.9. The van der Waals surface area contributed by atoms with Crippen molar-refractivity contribution in [3.8, 4) is 0 Å². The summed E-state index contributed by atoms with van der Waals surface area (Å²) >= 11 is 0. The summed E-state index contributed by atoms with van der Waals surface area (Å²) in [6.45, 7) is 0. The second-order valence-electron chi connectivity index (χ2n) is 6.57. The van der Waals surface area contributed by atoms with Crippen molar-refractivity contribution in [2.45, 2.75) is 103 Å². The van der Waals surface area contributed by atoms with Gasteiger partial charge in [0.25, 0.3) is 0 Å². The fourth-order valence-corrected chi connectivity index (χ4v) is 14.7. The molecule has 0 aromatic rings. The molecule has 0 radical (unpaired) electrons. The molecule has 0 nitrogen and oxygen atoms in total. The monoisotopic (exact) mass is 444 g/mol. The van der Waals surface area contributed by atoms with Crippen molar-refractivity contribution in [2.75, 3.05) is 11.5 Å². The third-order valence-corrected chi connectivity index (χ3v) is 15.5. The first-order valence-electron chi connectivity index (χ1n) is 9.91. The number of hydrogen-bond acceptors (Lipinski definition) is 6. The van der Waals surface area contributed by atoms with Gasteiger partial charge in [-0.25, -0.2) is 0 Å². The Morgan fingerprint density at radius 2 is 0.500 bits per heavy atom. The topological polar surface area (TPSA) is 0 Å². The molecule has 0 aromatic heterocycles. The van der Waals surface area contributed by atoms with Crippen LogP contribution in [0.25, 0.3) is 0 Å². The molecule has 0 saturated carbocycles. The average Bonchev–Trinajstić information content (AvgIpc) is 2.59. The zero-order chi connectivity index (χ0) is 17.0. The fourth-order valence-electron chi connectivity index (χ4n) is 2.93. The van der Waals surface area contributed by atoms with Crippen LogP contribution in [0.3, 0.4) is 0 Å². The highest BCUT2D eigenvalue weighted by atomic mass is 33.9. The van der Waals surface area contributed by atoms with Gasteiger partial charge in [-0.15, -0.1) is 0 Å². The molecule has 0 amide bonds. The van der Waals surface area contributed by atoms with Crippen LogP contribution in [-0.2, 0) is 0 Å². The summed E-state index contributed by atoms with van der Waals surface area (Å²) in [4.78, 5) is 0. The predicted molar refractivity (Wildman–Crippen MR) is 129 cm³/mol. The van der Waals surface area contributed by atoms with E-state index in [1.807, 2.05) is 60.9 Å². The van der Waals surface area contributed by atoms with Gasteiger partial charge in [0.1, 0.15) is 0 Å². The molecule has 1 fully saturated rings. The Balaban J connectivity index is 2.00. The molecule has 0 atom stereocenters. The van der Waals surface area contributed by atoms with Crippen molar-refractivity contribution in [1.82, 2.24) is 0 Å². The summed E-state index contributed by atoms with van der Waals surface area (Å²) in [5.74, 6) is 2.66. The molecule has 24 heavy (non-hydrogen) atoms. The van der Waals surface area contributed by atoms with Crippen molar-refractivity contribution < 1.29 is 0 Å². The second kappa shape index (κ2) is 21.4. The van der Waals surface area contributed by atoms with Crippen LogP contribution in [-0.4, -0.2) is 11.5 Å². The standard InChI is InChI=1S/C18H36S6/c1-2-4-6-8-10-12-14-16-18-20-22-24-23-21-19-17-15-13-11-9-7-5-3-1/h1-18H2. The SMILES string of the molecule is C1CCCCCCCCCSSSSSSCCCCCCCC1. The van der Waals surface area contributed by atoms with Crippen LogP contribution in [0.5, 0.6) is 0 Å². The smallest absolute Gasteiger partial charge is 0.00454 e. The summed E-state index contributed by atoms with van der Waals surface area (Å²) in [7, 11) is 11.9. The zero-order valence-corrected chi connectivity index (χ0v) is 20.1. The summed E-state index contributed by atoms with van der Waals surface area (Å²) in [6, 6.07) is 0. The van der Waals surface area contributed by atoms with Gasteiger partial charge in [0, 0.05) is 11.5 Å². The predicted octanol–water partition coefficient (Wildman–Crippen LogP) is 10.2. The summed E-state index contributed by atoms with van der Waals surface area (Å²) in [5, 5.41) is 0. The molecule has 0 spiro atoms. The van der Waals surface area contributed by atoms with Gasteiger partial charge in [-0.2, -0.15) is 0 Å². The van der Waals surface area contributed by atoms with E-state index in [9.17, 15) is 0 Å². The lowest BCUT2D eigenvalue weighted by atomic mass is 10.0. The maximum Gasteiger partial charge on any atom is 0.00454 e. The Kier molecular flexibility index (Phi) is 21.5. The molecule has 0 N–H and O–H groups in total. The van der Waals surface area contributed by atoms with Crippen molar-refractivity contribution >= 4 is 60.9 Å². The number of hydrogen-bond donors (Lipinski definition) is 0. The highest BCUT2D eigenvalue weighted by Crippen LogP contribution is 2.52. The van der Waals surface area contributed by atoms with Gasteiger partial charge in [0.05, 0.1) is 0 Å². The van der Waals surface area contributed by atoms with Crippen molar-refractivity contribution in [3.63, 3.8) is 0 Å². The molecular formula is C18H36S6. The quantitative estimate of drug-likeness (QED) is 0.338. The van der Waals surface area contributed by atoms with Gasteiger partial charge in [0.2, 0.25) is 0 Å². The highest BCUT2D eigenvalue weighted by Gasteiger charge is 1.98. The van der Waals surface area contributed by atoms with Crippen LogP contribution in [0.2, 0.25) is 0 Å². The molecule has 0 unspecified atom stereocenters. The van der Waals surface area contributed by atoms with Gasteiger partial charge in [-0.3, -0.25) is 0 Å². The van der Waals surface area contributed by atoms with Crippen LogP contribution in [0, 0.1) is 0 Å². The molecule has 1 heterocycles. The van der Waals surface area contributed by atoms with E-state index in [1.165, 1.54) is 114 Å². The summed E-state index contributed by atoms with van der Waals surface area (Å²) in [5.41, 5.74) is 0. The lowest BCUT2D eigenvalue weighted by molar-refractivity contribution is 0.532. The van der Waals surface area contributed by atoms with Crippen molar-refractivity contribution in [2.24, 2.45) is 0 Å². The lowest BCUT2D eigenvalue weighted by Gasteiger charge is -2.04. The van der Waals surface area contributed by atoms with Crippen LogP contribution in [0.1, 0.15) is 103 Å². The van der Waals surface area contributed by atoms with E-state index < -0.39 is 0 Å². The normalized spacial score (nSPS) is 24.0. The fraction of sp³-hybridized carbons (Fsp3) is 1.00. The Morgan fingerprint density at radius 1 is 0.250 bits per heavy atom. The van der Waals surface area contributed by atoms with E-state index in [4.69, 9.17) is 0 Å². The largest absolute Gasteiger partial charge is 0.0817 e. The molecule has 6 heteroatoms. The van der Waals surface area contributed by atoms with E-state index in [0.717, 1.165) is 0 Å². The molecule has 0 aromatic carbocycles. The molecule has 0 bridgehead atoms. The Morgan fingerprint density at radius 3 is 0.792 bits per heavy atom. The molecule has 1 saturated heterocycles. The van der Waals surface area contributed by atoms with Crippen molar-refractivity contribution in [1.29, 1.82) is 0 Å². The Bertz CT molecular complexity index is 130. The first-order chi connectivity index (χ1) is 12.0. The molecular weight excluding hydrogens is 409 g/mol. The second-order valence-corrected chi connectivity index (χ2v) is 16.4. The minimum atomic E-state index is 1.33. The van der Waals surface area contributed by atoms with E-state index in [0.29, 0.717) is 0 Å². The van der Waals surface area contributed by atoms with Crippen LogP contribution in [0.4, 0.5) is 0 Å². The maximum atomic E-state index is 2.05. The van der Waals surface area contributed by atoms with Gasteiger partial charge in [0.15, 0.2) is 0 Å². The van der Waals surface area contributed by atoms with Crippen LogP contribution in [0.15, 0.2) is 0 Å². The first-order valence-corrected chi connectivity index (χ1v) is 17.7. The van der Waals surface area contributed by atoms with E-state index in [2.05, 4.69) is 0 Å². The summed E-state index contributed by atoms with van der Waals surface area (Å²) < 4.78 is 0. The molecule has 1 aliphatic rings. The third-order valence-electron chi connectivity index (χ3n) is 4.38. The van der Waals surface area contributed by atoms with Gasteiger partial charge < -0.3 is 0 Å². The van der Waals surface area contributed by atoms with E-state index in [-0.39, 0.29) is 0 Å². The summed E-state index contributed by atoms with van der Waals surface area (Å²) in [6.07, 6.45) is 23.4. The minimum Gasteiger partial charge on any atom is -0.0817 e. The Labute approximate surface area is 174 Å².